The lowest BCUT2D eigenvalue weighted by Crippen LogP contribution is -2.37. The van der Waals surface area contributed by atoms with Crippen LogP contribution in [0.15, 0.2) is 35.3 Å². The van der Waals surface area contributed by atoms with Gasteiger partial charge in [-0.25, -0.2) is 0 Å². The molecule has 0 aliphatic carbocycles. The van der Waals surface area contributed by atoms with E-state index in [4.69, 9.17) is 30.5 Å². The van der Waals surface area contributed by atoms with Gasteiger partial charge in [-0.1, -0.05) is 11.6 Å². The third-order valence-corrected chi connectivity index (χ3v) is 4.81. The van der Waals surface area contributed by atoms with Crippen molar-refractivity contribution in [1.82, 2.24) is 10.6 Å². The van der Waals surface area contributed by atoms with Crippen LogP contribution in [-0.4, -0.2) is 47.0 Å². The number of methoxy groups -OCH3 is 2. The van der Waals surface area contributed by atoms with Crippen LogP contribution in [0, 0.1) is 0 Å². The highest BCUT2D eigenvalue weighted by Crippen LogP contribution is 2.38. The van der Waals surface area contributed by atoms with E-state index in [1.165, 1.54) is 0 Å². The molecule has 0 unspecified atom stereocenters. The molecule has 0 spiro atoms. The van der Waals surface area contributed by atoms with Crippen LogP contribution in [0.4, 0.5) is 0 Å². The molecule has 3 rings (SSSR count). The maximum absolute atomic E-state index is 6.30. The first kappa shape index (κ1) is 24.2. The zero-order valence-corrected chi connectivity index (χ0v) is 20.4. The van der Waals surface area contributed by atoms with E-state index in [1.807, 2.05) is 30.3 Å². The van der Waals surface area contributed by atoms with Crippen molar-refractivity contribution in [2.75, 3.05) is 41.0 Å². The third kappa shape index (κ3) is 6.21. The fourth-order valence-electron chi connectivity index (χ4n) is 3.03. The number of nitrogens with zero attached hydrogens (tertiary/aromatic N) is 1. The lowest BCUT2D eigenvalue weighted by Gasteiger charge is -2.20. The minimum Gasteiger partial charge on any atom is -0.497 e. The molecule has 2 N–H and O–H groups in total. The van der Waals surface area contributed by atoms with E-state index in [9.17, 15) is 0 Å². The number of rotatable bonds is 7. The second kappa shape index (κ2) is 11.9. The van der Waals surface area contributed by atoms with Crippen molar-refractivity contribution in [2.24, 2.45) is 4.99 Å². The van der Waals surface area contributed by atoms with Crippen molar-refractivity contribution in [2.45, 2.75) is 13.0 Å². The van der Waals surface area contributed by atoms with Crippen molar-refractivity contribution in [1.29, 1.82) is 0 Å². The number of fused-ring (bicyclic) bond motifs is 1. The first-order chi connectivity index (χ1) is 14.1. The average Bonchev–Trinajstić information content (AvgIpc) is 2.76. The Labute approximate surface area is 199 Å². The van der Waals surface area contributed by atoms with E-state index in [-0.39, 0.29) is 24.0 Å². The molecular weight excluding hydrogens is 521 g/mol. The molecule has 1 aliphatic rings. The summed E-state index contributed by atoms with van der Waals surface area (Å²) in [6, 6.07) is 9.62. The molecule has 9 heteroatoms. The van der Waals surface area contributed by atoms with Crippen LogP contribution < -0.4 is 29.6 Å². The summed E-state index contributed by atoms with van der Waals surface area (Å²) >= 11 is 6.30. The number of hydrogen-bond donors (Lipinski definition) is 2. The Morgan fingerprint density at radius 2 is 1.90 bits per heavy atom. The normalized spacial score (nSPS) is 12.6. The Balaban J connectivity index is 0.00000320. The lowest BCUT2D eigenvalue weighted by atomic mass is 10.1. The van der Waals surface area contributed by atoms with Gasteiger partial charge in [-0.15, -0.1) is 24.0 Å². The van der Waals surface area contributed by atoms with Gasteiger partial charge in [0.15, 0.2) is 17.5 Å². The summed E-state index contributed by atoms with van der Waals surface area (Å²) in [6.45, 7) is 2.32. The zero-order chi connectivity index (χ0) is 20.6. The van der Waals surface area contributed by atoms with E-state index in [0.717, 1.165) is 29.0 Å². The minimum absolute atomic E-state index is 0. The molecule has 0 fully saturated rings. The van der Waals surface area contributed by atoms with Crippen LogP contribution in [-0.2, 0) is 13.0 Å². The highest BCUT2D eigenvalue weighted by molar-refractivity contribution is 14.0. The van der Waals surface area contributed by atoms with Gasteiger partial charge in [-0.2, -0.15) is 0 Å². The molecule has 0 radical (unpaired) electrons. The number of aliphatic imine (C=N–C) groups is 1. The summed E-state index contributed by atoms with van der Waals surface area (Å²) in [4.78, 5) is 4.27. The molecule has 2 aromatic rings. The minimum atomic E-state index is 0. The molecule has 30 heavy (non-hydrogen) atoms. The van der Waals surface area contributed by atoms with E-state index >= 15 is 0 Å². The third-order valence-electron chi connectivity index (χ3n) is 4.53. The fraction of sp³-hybridized carbons (Fsp3) is 0.381. The van der Waals surface area contributed by atoms with Gasteiger partial charge >= 0.3 is 0 Å². The quantitative estimate of drug-likeness (QED) is 0.313. The predicted octanol–water partition coefficient (Wildman–Crippen LogP) is 3.65. The number of hydrogen-bond acceptors (Lipinski definition) is 5. The van der Waals surface area contributed by atoms with E-state index in [2.05, 4.69) is 15.6 Å². The second-order valence-electron chi connectivity index (χ2n) is 6.38. The van der Waals surface area contributed by atoms with Crippen LogP contribution in [0.5, 0.6) is 23.0 Å². The standard InChI is InChI=1S/C21H26ClN3O4.HI/c1-23-21(25-13-15-4-5-16(26-2)12-18(15)27-3)24-7-6-14-10-17(22)20-19(11-14)28-8-9-29-20;/h4-5,10-12H,6-9,13H2,1-3H3,(H2,23,24,25);1H. The van der Waals surface area contributed by atoms with Gasteiger partial charge in [-0.05, 0) is 36.2 Å². The molecule has 1 heterocycles. The van der Waals surface area contributed by atoms with Gasteiger partial charge in [0.05, 0.1) is 19.2 Å². The summed E-state index contributed by atoms with van der Waals surface area (Å²) in [5.74, 6) is 3.55. The monoisotopic (exact) mass is 547 g/mol. The van der Waals surface area contributed by atoms with Crippen molar-refractivity contribution >= 4 is 41.5 Å². The van der Waals surface area contributed by atoms with Gasteiger partial charge in [0, 0.05) is 31.8 Å². The summed E-state index contributed by atoms with van der Waals surface area (Å²) < 4.78 is 21.9. The van der Waals surface area contributed by atoms with E-state index < -0.39 is 0 Å². The van der Waals surface area contributed by atoms with Crippen molar-refractivity contribution < 1.29 is 18.9 Å². The van der Waals surface area contributed by atoms with Gasteiger partial charge in [-0.3, -0.25) is 4.99 Å². The number of ether oxygens (including phenoxy) is 4. The first-order valence-corrected chi connectivity index (χ1v) is 9.76. The van der Waals surface area contributed by atoms with Gasteiger partial charge in [0.25, 0.3) is 0 Å². The maximum atomic E-state index is 6.30. The van der Waals surface area contributed by atoms with E-state index in [1.54, 1.807) is 21.3 Å². The number of halogens is 2. The second-order valence-corrected chi connectivity index (χ2v) is 6.79. The molecule has 0 atom stereocenters. The largest absolute Gasteiger partial charge is 0.497 e. The van der Waals surface area contributed by atoms with Crippen molar-refractivity contribution in [3.05, 3.63) is 46.5 Å². The summed E-state index contributed by atoms with van der Waals surface area (Å²) in [5.41, 5.74) is 2.08. The Morgan fingerprint density at radius 1 is 1.10 bits per heavy atom. The molecule has 0 aromatic heterocycles. The Bertz CT molecular complexity index is 880. The Kier molecular flexibility index (Phi) is 9.64. The molecule has 7 nitrogen and oxygen atoms in total. The van der Waals surface area contributed by atoms with Gasteiger partial charge < -0.3 is 29.6 Å². The van der Waals surface area contributed by atoms with Crippen LogP contribution >= 0.6 is 35.6 Å². The highest BCUT2D eigenvalue weighted by atomic mass is 127. The number of guanidine groups is 1. The Morgan fingerprint density at radius 3 is 2.63 bits per heavy atom. The zero-order valence-electron chi connectivity index (χ0n) is 17.3. The van der Waals surface area contributed by atoms with Crippen LogP contribution in [0.3, 0.4) is 0 Å². The highest BCUT2D eigenvalue weighted by Gasteiger charge is 2.16. The number of benzene rings is 2. The smallest absolute Gasteiger partial charge is 0.191 e. The van der Waals surface area contributed by atoms with Crippen LogP contribution in [0.1, 0.15) is 11.1 Å². The molecule has 0 bridgehead atoms. The van der Waals surface area contributed by atoms with E-state index in [0.29, 0.717) is 48.8 Å². The molecular formula is C21H27ClIN3O4. The molecule has 164 valence electrons. The molecule has 0 saturated heterocycles. The topological polar surface area (TPSA) is 73.3 Å². The predicted molar refractivity (Wildman–Crippen MR) is 129 cm³/mol. The summed E-state index contributed by atoms with van der Waals surface area (Å²) in [5, 5.41) is 7.17. The first-order valence-electron chi connectivity index (χ1n) is 9.38. The molecule has 0 saturated carbocycles. The fourth-order valence-corrected chi connectivity index (χ4v) is 3.32. The lowest BCUT2D eigenvalue weighted by molar-refractivity contribution is 0.171. The molecule has 0 amide bonds. The van der Waals surface area contributed by atoms with Gasteiger partial charge in [0.2, 0.25) is 0 Å². The van der Waals surface area contributed by atoms with Crippen LogP contribution in [0.25, 0.3) is 0 Å². The molecule has 1 aliphatic heterocycles. The Hall–Kier alpha value is -2.07. The molecule has 2 aromatic carbocycles. The summed E-state index contributed by atoms with van der Waals surface area (Å²) in [6.07, 6.45) is 0.767. The maximum Gasteiger partial charge on any atom is 0.191 e. The van der Waals surface area contributed by atoms with Crippen molar-refractivity contribution in [3.63, 3.8) is 0 Å². The summed E-state index contributed by atoms with van der Waals surface area (Å²) in [7, 11) is 5.01. The SMILES string of the molecule is CN=C(NCCc1cc(Cl)c2c(c1)OCCO2)NCc1ccc(OC)cc1OC.I. The number of nitrogens with one attached hydrogen (secondary N) is 2. The van der Waals surface area contributed by atoms with Crippen LogP contribution in [0.2, 0.25) is 5.02 Å². The van der Waals surface area contributed by atoms with Gasteiger partial charge in [0.1, 0.15) is 24.7 Å². The van der Waals surface area contributed by atoms with Crippen molar-refractivity contribution in [3.8, 4) is 23.0 Å². The average molecular weight is 548 g/mol.